The van der Waals surface area contributed by atoms with Crippen LogP contribution in [0.15, 0.2) is 17.5 Å². The van der Waals surface area contributed by atoms with Crippen LogP contribution in [0.4, 0.5) is 0 Å². The Labute approximate surface area is 121 Å². The molecule has 1 rings (SSSR count). The Balaban J connectivity index is 2.31. The van der Waals surface area contributed by atoms with Gasteiger partial charge in [0.2, 0.25) is 0 Å². The first kappa shape index (κ1) is 16.6. The van der Waals surface area contributed by atoms with E-state index in [0.29, 0.717) is 19.1 Å². The Morgan fingerprint density at radius 1 is 1.37 bits per heavy atom. The van der Waals surface area contributed by atoms with Crippen molar-refractivity contribution in [2.45, 2.75) is 39.8 Å². The highest BCUT2D eigenvalue weighted by molar-refractivity contribution is 7.09. The maximum Gasteiger partial charge on any atom is 0.0900 e. The lowest BCUT2D eigenvalue weighted by Crippen LogP contribution is -2.35. The number of ether oxygens (including phenoxy) is 1. The van der Waals surface area contributed by atoms with Gasteiger partial charge < -0.3 is 9.84 Å². The van der Waals surface area contributed by atoms with Crippen LogP contribution in [0, 0.1) is 5.92 Å². The van der Waals surface area contributed by atoms with Gasteiger partial charge in [-0.25, -0.2) is 0 Å². The average molecular weight is 285 g/mol. The lowest BCUT2D eigenvalue weighted by Gasteiger charge is -2.24. The summed E-state index contributed by atoms with van der Waals surface area (Å²) in [7, 11) is 0. The minimum atomic E-state index is -0.398. The molecule has 0 amide bonds. The predicted molar refractivity (Wildman–Crippen MR) is 81.6 cm³/mol. The maximum absolute atomic E-state index is 10.0. The molecule has 0 aliphatic rings. The summed E-state index contributed by atoms with van der Waals surface area (Å²) in [5.74, 6) is 0.519. The van der Waals surface area contributed by atoms with Crippen LogP contribution in [0.1, 0.15) is 32.1 Å². The van der Waals surface area contributed by atoms with Crippen molar-refractivity contribution in [3.63, 3.8) is 0 Å². The van der Waals surface area contributed by atoms with E-state index >= 15 is 0 Å². The summed E-state index contributed by atoms with van der Waals surface area (Å²) in [4.78, 5) is 3.65. The highest BCUT2D eigenvalue weighted by atomic mass is 32.1. The van der Waals surface area contributed by atoms with Crippen molar-refractivity contribution in [3.8, 4) is 0 Å². The van der Waals surface area contributed by atoms with Gasteiger partial charge in [-0.3, -0.25) is 4.90 Å². The molecule has 0 saturated heterocycles. The molecule has 1 N–H and O–H groups in total. The number of aliphatic hydroxyl groups is 1. The molecule has 110 valence electrons. The number of aliphatic hydroxyl groups excluding tert-OH is 1. The van der Waals surface area contributed by atoms with E-state index in [1.165, 1.54) is 4.88 Å². The standard InChI is InChI=1S/C15H27NO2S/c1-4-7-16(10-15-6-5-8-19-15)9-14(17)12-18-11-13(2)3/h5-6,8,13-14,17H,4,7,9-12H2,1-3H3/t14-/m0/s1. The molecule has 0 unspecified atom stereocenters. The number of thiophene rings is 1. The fraction of sp³-hybridized carbons (Fsp3) is 0.733. The van der Waals surface area contributed by atoms with Crippen molar-refractivity contribution >= 4 is 11.3 Å². The number of rotatable bonds is 10. The van der Waals surface area contributed by atoms with Crippen LogP contribution in [-0.2, 0) is 11.3 Å². The Morgan fingerprint density at radius 3 is 2.74 bits per heavy atom. The minimum Gasteiger partial charge on any atom is -0.389 e. The monoisotopic (exact) mass is 285 g/mol. The van der Waals surface area contributed by atoms with E-state index in [1.54, 1.807) is 11.3 Å². The van der Waals surface area contributed by atoms with Crippen molar-refractivity contribution in [1.29, 1.82) is 0 Å². The lowest BCUT2D eigenvalue weighted by molar-refractivity contribution is 0.00706. The second kappa shape index (κ2) is 9.48. The van der Waals surface area contributed by atoms with Crippen LogP contribution in [-0.4, -0.2) is 42.4 Å². The fourth-order valence-corrected chi connectivity index (χ4v) is 2.71. The smallest absolute Gasteiger partial charge is 0.0900 e. The van der Waals surface area contributed by atoms with Crippen LogP contribution in [0.25, 0.3) is 0 Å². The largest absolute Gasteiger partial charge is 0.389 e. The summed E-state index contributed by atoms with van der Waals surface area (Å²) in [6.07, 6.45) is 0.704. The molecule has 0 aliphatic carbocycles. The van der Waals surface area contributed by atoms with Gasteiger partial charge in [-0.15, -0.1) is 11.3 Å². The van der Waals surface area contributed by atoms with E-state index in [4.69, 9.17) is 4.74 Å². The summed E-state index contributed by atoms with van der Waals surface area (Å²) >= 11 is 1.77. The molecule has 3 nitrogen and oxygen atoms in total. The SMILES string of the molecule is CCCN(Cc1cccs1)C[C@H](O)COCC(C)C. The summed E-state index contributed by atoms with van der Waals surface area (Å²) in [5.41, 5.74) is 0. The van der Waals surface area contributed by atoms with Gasteiger partial charge in [0.05, 0.1) is 12.7 Å². The molecule has 0 aliphatic heterocycles. The van der Waals surface area contributed by atoms with Crippen LogP contribution < -0.4 is 0 Å². The van der Waals surface area contributed by atoms with Crippen molar-refractivity contribution < 1.29 is 9.84 Å². The minimum absolute atomic E-state index is 0.398. The van der Waals surface area contributed by atoms with Crippen molar-refractivity contribution in [1.82, 2.24) is 4.90 Å². The molecule has 19 heavy (non-hydrogen) atoms. The van der Waals surface area contributed by atoms with Crippen molar-refractivity contribution in [2.24, 2.45) is 5.92 Å². The van der Waals surface area contributed by atoms with Gasteiger partial charge in [0.15, 0.2) is 0 Å². The molecule has 0 aromatic carbocycles. The van der Waals surface area contributed by atoms with Crippen LogP contribution in [0.5, 0.6) is 0 Å². The quantitative estimate of drug-likeness (QED) is 0.717. The first-order valence-electron chi connectivity index (χ1n) is 7.12. The van der Waals surface area contributed by atoms with Crippen LogP contribution in [0.3, 0.4) is 0 Å². The molecule has 0 spiro atoms. The van der Waals surface area contributed by atoms with Crippen molar-refractivity contribution in [2.75, 3.05) is 26.3 Å². The van der Waals surface area contributed by atoms with E-state index in [1.807, 2.05) is 0 Å². The molecule has 1 heterocycles. The summed E-state index contributed by atoms with van der Waals surface area (Å²) < 4.78 is 5.50. The molecule has 0 bridgehead atoms. The topological polar surface area (TPSA) is 32.7 Å². The molecule has 4 heteroatoms. The highest BCUT2D eigenvalue weighted by Crippen LogP contribution is 2.12. The van der Waals surface area contributed by atoms with Gasteiger partial charge in [0.1, 0.15) is 0 Å². The maximum atomic E-state index is 10.0. The summed E-state index contributed by atoms with van der Waals surface area (Å²) in [5, 5.41) is 12.1. The molecule has 1 atom stereocenters. The van der Waals surface area contributed by atoms with E-state index in [9.17, 15) is 5.11 Å². The molecule has 0 radical (unpaired) electrons. The van der Waals surface area contributed by atoms with Gasteiger partial charge in [0.25, 0.3) is 0 Å². The molecule has 1 aromatic heterocycles. The molecular weight excluding hydrogens is 258 g/mol. The van der Waals surface area contributed by atoms with E-state index in [0.717, 1.165) is 26.1 Å². The van der Waals surface area contributed by atoms with Gasteiger partial charge in [-0.05, 0) is 30.3 Å². The highest BCUT2D eigenvalue weighted by Gasteiger charge is 2.12. The summed E-state index contributed by atoms with van der Waals surface area (Å²) in [6, 6.07) is 4.22. The molecule has 0 fully saturated rings. The zero-order valence-corrected chi connectivity index (χ0v) is 13.2. The van der Waals surface area contributed by atoms with E-state index in [2.05, 4.69) is 43.2 Å². The number of hydrogen-bond acceptors (Lipinski definition) is 4. The second-order valence-electron chi connectivity index (χ2n) is 5.40. The Hall–Kier alpha value is -0.420. The third kappa shape index (κ3) is 7.67. The van der Waals surface area contributed by atoms with E-state index in [-0.39, 0.29) is 0 Å². The first-order valence-corrected chi connectivity index (χ1v) is 8.00. The Morgan fingerprint density at radius 2 is 2.16 bits per heavy atom. The van der Waals surface area contributed by atoms with Crippen molar-refractivity contribution in [3.05, 3.63) is 22.4 Å². The second-order valence-corrected chi connectivity index (χ2v) is 6.43. The van der Waals surface area contributed by atoms with Gasteiger partial charge in [-0.1, -0.05) is 26.8 Å². The normalized spacial score (nSPS) is 13.4. The van der Waals surface area contributed by atoms with Gasteiger partial charge >= 0.3 is 0 Å². The van der Waals surface area contributed by atoms with E-state index < -0.39 is 6.10 Å². The van der Waals surface area contributed by atoms with Crippen LogP contribution >= 0.6 is 11.3 Å². The zero-order chi connectivity index (χ0) is 14.1. The fourth-order valence-electron chi connectivity index (χ4n) is 1.96. The molecular formula is C15H27NO2S. The summed E-state index contributed by atoms with van der Waals surface area (Å²) in [6.45, 7) is 10.2. The zero-order valence-electron chi connectivity index (χ0n) is 12.3. The average Bonchev–Trinajstić information content (AvgIpc) is 2.81. The molecule has 1 aromatic rings. The lowest BCUT2D eigenvalue weighted by atomic mass is 10.2. The van der Waals surface area contributed by atoms with Crippen LogP contribution in [0.2, 0.25) is 0 Å². The third-order valence-corrected chi connectivity index (χ3v) is 3.59. The molecule has 0 saturated carbocycles. The Kier molecular flexibility index (Phi) is 8.30. The number of hydrogen-bond donors (Lipinski definition) is 1. The Bertz CT molecular complexity index is 314. The van der Waals surface area contributed by atoms with Gasteiger partial charge in [-0.2, -0.15) is 0 Å². The third-order valence-electron chi connectivity index (χ3n) is 2.73. The first-order chi connectivity index (χ1) is 9.11. The van der Waals surface area contributed by atoms with Gasteiger partial charge in [0, 0.05) is 24.6 Å². The predicted octanol–water partition coefficient (Wildman–Crippen LogP) is 2.99. The number of nitrogens with zero attached hydrogens (tertiary/aromatic N) is 1.